The Morgan fingerprint density at radius 1 is 1.16 bits per heavy atom. The van der Waals surface area contributed by atoms with Gasteiger partial charge < -0.3 is 20.0 Å². The van der Waals surface area contributed by atoms with Crippen LogP contribution in [-0.2, 0) is 20.9 Å². The molecular formula is C18H26N4O3. The number of amides is 3. The van der Waals surface area contributed by atoms with Crippen LogP contribution in [-0.4, -0.2) is 79.2 Å². The maximum absolute atomic E-state index is 12.3. The molecule has 1 aromatic carbocycles. The molecule has 2 rings (SSSR count). The van der Waals surface area contributed by atoms with Crippen molar-refractivity contribution in [2.24, 2.45) is 0 Å². The third kappa shape index (κ3) is 5.56. The number of hydrogen-bond donors (Lipinski definition) is 1. The van der Waals surface area contributed by atoms with Gasteiger partial charge in [-0.2, -0.15) is 0 Å². The average molecular weight is 346 g/mol. The van der Waals surface area contributed by atoms with Crippen LogP contribution in [0.3, 0.4) is 0 Å². The average Bonchev–Trinajstić information content (AvgIpc) is 2.54. The number of carbonyl (C=O) groups is 3. The Balaban J connectivity index is 1.86. The lowest BCUT2D eigenvalue weighted by Gasteiger charge is -2.33. The van der Waals surface area contributed by atoms with Gasteiger partial charge in [-0.3, -0.25) is 14.4 Å². The first kappa shape index (κ1) is 18.9. The van der Waals surface area contributed by atoms with Crippen molar-refractivity contribution < 1.29 is 14.4 Å². The van der Waals surface area contributed by atoms with Crippen molar-refractivity contribution in [3.63, 3.8) is 0 Å². The molecule has 0 bridgehead atoms. The minimum absolute atomic E-state index is 0.0731. The Labute approximate surface area is 148 Å². The number of piperazine rings is 1. The van der Waals surface area contributed by atoms with Crippen LogP contribution in [0, 0.1) is 6.92 Å². The first-order valence-corrected chi connectivity index (χ1v) is 8.42. The molecule has 0 aromatic heterocycles. The Morgan fingerprint density at radius 2 is 1.84 bits per heavy atom. The topological polar surface area (TPSA) is 73.0 Å². The molecule has 0 aliphatic carbocycles. The van der Waals surface area contributed by atoms with Gasteiger partial charge in [-0.05, 0) is 26.6 Å². The van der Waals surface area contributed by atoms with Crippen molar-refractivity contribution >= 4 is 17.7 Å². The SMILES string of the molecule is Cc1cccc(CN2CCN(CC(=O)NCCN(C)C)C(=O)C2=O)c1. The van der Waals surface area contributed by atoms with E-state index in [1.807, 2.05) is 50.2 Å². The van der Waals surface area contributed by atoms with Gasteiger partial charge in [0.15, 0.2) is 0 Å². The first-order chi connectivity index (χ1) is 11.9. The predicted octanol–water partition coefficient (Wildman–Crippen LogP) is -0.156. The number of carbonyl (C=O) groups excluding carboxylic acids is 3. The Bertz CT molecular complexity index is 645. The van der Waals surface area contributed by atoms with Crippen LogP contribution in [0.1, 0.15) is 11.1 Å². The Morgan fingerprint density at radius 3 is 2.52 bits per heavy atom. The van der Waals surface area contributed by atoms with Gasteiger partial charge in [0.1, 0.15) is 6.54 Å². The summed E-state index contributed by atoms with van der Waals surface area (Å²) in [4.78, 5) is 41.3. The fraction of sp³-hybridized carbons (Fsp3) is 0.500. The number of hydrogen-bond acceptors (Lipinski definition) is 4. The molecule has 1 aliphatic rings. The van der Waals surface area contributed by atoms with Gasteiger partial charge in [-0.15, -0.1) is 0 Å². The fourth-order valence-electron chi connectivity index (χ4n) is 2.70. The number of likely N-dealkylation sites (N-methyl/N-ethyl adjacent to an activating group) is 1. The van der Waals surface area contributed by atoms with Crippen LogP contribution in [0.2, 0.25) is 0 Å². The van der Waals surface area contributed by atoms with Gasteiger partial charge in [0.05, 0.1) is 0 Å². The van der Waals surface area contributed by atoms with E-state index < -0.39 is 11.8 Å². The van der Waals surface area contributed by atoms with Gasteiger partial charge in [0.2, 0.25) is 5.91 Å². The lowest BCUT2D eigenvalue weighted by molar-refractivity contribution is -0.157. The van der Waals surface area contributed by atoms with Crippen LogP contribution < -0.4 is 5.32 Å². The maximum atomic E-state index is 12.3. The summed E-state index contributed by atoms with van der Waals surface area (Å²) in [7, 11) is 3.84. The fourth-order valence-corrected chi connectivity index (χ4v) is 2.70. The summed E-state index contributed by atoms with van der Waals surface area (Å²) in [5, 5.41) is 2.75. The lowest BCUT2D eigenvalue weighted by Crippen LogP contribution is -2.56. The number of aryl methyl sites for hydroxylation is 1. The van der Waals surface area contributed by atoms with Crippen molar-refractivity contribution in [1.82, 2.24) is 20.0 Å². The monoisotopic (exact) mass is 346 g/mol. The molecule has 25 heavy (non-hydrogen) atoms. The normalized spacial score (nSPS) is 15.0. The third-order valence-electron chi connectivity index (χ3n) is 4.07. The molecule has 3 amide bonds. The second-order valence-electron chi connectivity index (χ2n) is 6.60. The molecule has 1 aliphatic heterocycles. The van der Waals surface area contributed by atoms with E-state index in [9.17, 15) is 14.4 Å². The molecule has 136 valence electrons. The van der Waals surface area contributed by atoms with E-state index >= 15 is 0 Å². The summed E-state index contributed by atoms with van der Waals surface area (Å²) < 4.78 is 0. The Kier molecular flexibility index (Phi) is 6.52. The van der Waals surface area contributed by atoms with Gasteiger partial charge in [-0.1, -0.05) is 29.8 Å². The number of benzene rings is 1. The van der Waals surface area contributed by atoms with Gasteiger partial charge in [0.25, 0.3) is 0 Å². The molecule has 1 fully saturated rings. The largest absolute Gasteiger partial charge is 0.353 e. The highest BCUT2D eigenvalue weighted by Crippen LogP contribution is 2.12. The van der Waals surface area contributed by atoms with E-state index in [1.165, 1.54) is 9.80 Å². The van der Waals surface area contributed by atoms with Crippen LogP contribution in [0.4, 0.5) is 0 Å². The summed E-state index contributed by atoms with van der Waals surface area (Å²) in [6, 6.07) is 7.87. The highest BCUT2D eigenvalue weighted by atomic mass is 16.2. The second-order valence-corrected chi connectivity index (χ2v) is 6.60. The zero-order valence-corrected chi connectivity index (χ0v) is 15.1. The van der Waals surface area contributed by atoms with E-state index in [4.69, 9.17) is 0 Å². The first-order valence-electron chi connectivity index (χ1n) is 8.42. The molecule has 7 heteroatoms. The summed E-state index contributed by atoms with van der Waals surface area (Å²) in [6.07, 6.45) is 0. The standard InChI is InChI=1S/C18H26N4O3/c1-14-5-4-6-15(11-14)12-21-9-10-22(18(25)17(21)24)13-16(23)19-7-8-20(2)3/h4-6,11H,7-10,12-13H2,1-3H3,(H,19,23). The summed E-state index contributed by atoms with van der Waals surface area (Å²) in [6.45, 7) is 4.37. The molecule has 1 saturated heterocycles. The van der Waals surface area contributed by atoms with Crippen LogP contribution in [0.5, 0.6) is 0 Å². The van der Waals surface area contributed by atoms with Crippen molar-refractivity contribution in [2.75, 3.05) is 46.8 Å². The second kappa shape index (κ2) is 8.62. The van der Waals surface area contributed by atoms with Crippen LogP contribution in [0.25, 0.3) is 0 Å². The third-order valence-corrected chi connectivity index (χ3v) is 4.07. The van der Waals surface area contributed by atoms with E-state index in [0.717, 1.165) is 17.7 Å². The smallest absolute Gasteiger partial charge is 0.312 e. The van der Waals surface area contributed by atoms with E-state index in [0.29, 0.717) is 26.2 Å². The quantitative estimate of drug-likeness (QED) is 0.697. The molecule has 1 aromatic rings. The molecule has 0 radical (unpaired) electrons. The maximum Gasteiger partial charge on any atom is 0.312 e. The van der Waals surface area contributed by atoms with E-state index in [-0.39, 0.29) is 12.5 Å². The zero-order chi connectivity index (χ0) is 18.4. The molecule has 0 spiro atoms. The lowest BCUT2D eigenvalue weighted by atomic mass is 10.1. The van der Waals surface area contributed by atoms with Gasteiger partial charge in [0, 0.05) is 32.7 Å². The minimum Gasteiger partial charge on any atom is -0.353 e. The van der Waals surface area contributed by atoms with E-state index in [2.05, 4.69) is 5.32 Å². The van der Waals surface area contributed by atoms with Crippen molar-refractivity contribution in [3.8, 4) is 0 Å². The van der Waals surface area contributed by atoms with Crippen LogP contribution >= 0.6 is 0 Å². The molecule has 7 nitrogen and oxygen atoms in total. The molecular weight excluding hydrogens is 320 g/mol. The van der Waals surface area contributed by atoms with Crippen molar-refractivity contribution in [3.05, 3.63) is 35.4 Å². The number of nitrogens with zero attached hydrogens (tertiary/aromatic N) is 3. The van der Waals surface area contributed by atoms with Crippen molar-refractivity contribution in [1.29, 1.82) is 0 Å². The minimum atomic E-state index is -0.610. The van der Waals surface area contributed by atoms with E-state index in [1.54, 1.807) is 0 Å². The van der Waals surface area contributed by atoms with Gasteiger partial charge >= 0.3 is 11.8 Å². The molecule has 1 heterocycles. The zero-order valence-electron chi connectivity index (χ0n) is 15.1. The summed E-state index contributed by atoms with van der Waals surface area (Å²) in [5.41, 5.74) is 2.11. The molecule has 1 N–H and O–H groups in total. The van der Waals surface area contributed by atoms with Crippen LogP contribution in [0.15, 0.2) is 24.3 Å². The highest BCUT2D eigenvalue weighted by molar-refractivity contribution is 6.35. The predicted molar refractivity (Wildman–Crippen MR) is 94.7 cm³/mol. The van der Waals surface area contributed by atoms with Gasteiger partial charge in [-0.25, -0.2) is 0 Å². The molecule has 0 atom stereocenters. The molecule has 0 saturated carbocycles. The van der Waals surface area contributed by atoms with Crippen molar-refractivity contribution in [2.45, 2.75) is 13.5 Å². The Hall–Kier alpha value is -2.41. The summed E-state index contributed by atoms with van der Waals surface area (Å²) in [5.74, 6) is -1.40. The highest BCUT2D eigenvalue weighted by Gasteiger charge is 2.33. The number of nitrogens with one attached hydrogen (secondary N) is 1. The number of rotatable bonds is 7. The molecule has 0 unspecified atom stereocenters. The summed E-state index contributed by atoms with van der Waals surface area (Å²) >= 11 is 0.